The molecule has 1 amide bonds. The summed E-state index contributed by atoms with van der Waals surface area (Å²) in [4.78, 5) is 39.6. The van der Waals surface area contributed by atoms with Crippen LogP contribution in [0.1, 0.15) is 11.1 Å². The average molecular weight is 553 g/mol. The number of alkyl halides is 1. The number of benzene rings is 2. The van der Waals surface area contributed by atoms with Gasteiger partial charge in [-0.2, -0.15) is 0 Å². The number of rotatable bonds is 8. The van der Waals surface area contributed by atoms with E-state index in [1.54, 1.807) is 11.1 Å². The second-order valence-corrected chi connectivity index (χ2v) is 9.86. The summed E-state index contributed by atoms with van der Waals surface area (Å²) in [7, 11) is 0. The largest absolute Gasteiger partial charge is 0.447 e. The Balaban J connectivity index is 1.34. The highest BCUT2D eigenvalue weighted by Gasteiger charge is 2.23. The maximum Gasteiger partial charge on any atom is 0.409 e. The minimum Gasteiger partial charge on any atom is -0.447 e. The normalized spacial score (nSPS) is 13.6. The van der Waals surface area contributed by atoms with Crippen molar-refractivity contribution in [2.45, 2.75) is 13.3 Å². The molecule has 0 spiro atoms. The molecule has 0 aliphatic carbocycles. The minimum absolute atomic E-state index is 0.222. The number of anilines is 2. The van der Waals surface area contributed by atoms with Gasteiger partial charge in [0.15, 0.2) is 0 Å². The summed E-state index contributed by atoms with van der Waals surface area (Å²) < 4.78 is 17.2. The third-order valence-electron chi connectivity index (χ3n) is 6.78. The summed E-state index contributed by atoms with van der Waals surface area (Å²) in [5.74, 6) is 0.484. The number of H-pyrrole nitrogens is 2. The van der Waals surface area contributed by atoms with Crippen LogP contribution in [0, 0.1) is 6.92 Å². The van der Waals surface area contributed by atoms with Crippen LogP contribution in [0.5, 0.6) is 0 Å². The summed E-state index contributed by atoms with van der Waals surface area (Å²) in [6, 6.07) is 13.6. The molecule has 2 aromatic heterocycles. The summed E-state index contributed by atoms with van der Waals surface area (Å²) in [6.45, 7) is 3.91. The number of piperazine rings is 1. The molecule has 2 aromatic carbocycles. The number of nitrogens with zero attached hydrogens (tertiary/aromatic N) is 3. The highest BCUT2D eigenvalue weighted by Crippen LogP contribution is 2.29. The van der Waals surface area contributed by atoms with Crippen molar-refractivity contribution in [3.05, 3.63) is 75.2 Å². The number of imidazole rings is 1. The lowest BCUT2D eigenvalue weighted by molar-refractivity contribution is 0.0943. The molecule has 1 fully saturated rings. The van der Waals surface area contributed by atoms with Gasteiger partial charge in [0, 0.05) is 49.6 Å². The van der Waals surface area contributed by atoms with Crippen molar-refractivity contribution in [1.29, 1.82) is 0 Å². The van der Waals surface area contributed by atoms with Crippen LogP contribution in [-0.2, 0) is 11.2 Å². The SMILES string of the molecule is Cc1cc(N2CCN(C(=O)OCCF)CC2)cc2[nH]c(-c3c(NCCc4cccc(Cl)c4)cc[nH]c3=O)nc12. The van der Waals surface area contributed by atoms with Gasteiger partial charge in [-0.3, -0.25) is 4.79 Å². The molecular weight excluding hydrogens is 523 g/mol. The van der Waals surface area contributed by atoms with Crippen molar-refractivity contribution < 1.29 is 13.9 Å². The van der Waals surface area contributed by atoms with Crippen LogP contribution in [0.4, 0.5) is 20.6 Å². The first-order valence-electron chi connectivity index (χ1n) is 12.9. The Morgan fingerprint density at radius 1 is 1.18 bits per heavy atom. The number of aromatic amines is 2. The molecule has 0 radical (unpaired) electrons. The van der Waals surface area contributed by atoms with Crippen LogP contribution in [0.2, 0.25) is 5.02 Å². The number of fused-ring (bicyclic) bond motifs is 1. The lowest BCUT2D eigenvalue weighted by Gasteiger charge is -2.35. The average Bonchev–Trinajstić information content (AvgIpc) is 3.36. The fourth-order valence-corrected chi connectivity index (χ4v) is 5.04. The monoisotopic (exact) mass is 552 g/mol. The summed E-state index contributed by atoms with van der Waals surface area (Å²) in [5, 5.41) is 4.07. The first-order valence-corrected chi connectivity index (χ1v) is 13.2. The zero-order valence-corrected chi connectivity index (χ0v) is 22.4. The van der Waals surface area contributed by atoms with E-state index in [1.165, 1.54) is 0 Å². The second kappa shape index (κ2) is 11.8. The summed E-state index contributed by atoms with van der Waals surface area (Å²) in [6.07, 6.45) is 1.88. The molecule has 1 aliphatic rings. The number of carbonyl (C=O) groups is 1. The Labute approximate surface area is 229 Å². The number of hydrogen-bond acceptors (Lipinski definition) is 6. The van der Waals surface area contributed by atoms with Crippen LogP contribution < -0.4 is 15.8 Å². The Morgan fingerprint density at radius 3 is 2.77 bits per heavy atom. The molecule has 0 atom stereocenters. The first-order chi connectivity index (χ1) is 18.9. The van der Waals surface area contributed by atoms with Gasteiger partial charge in [-0.05, 0) is 54.8 Å². The van der Waals surface area contributed by atoms with Crippen molar-refractivity contribution >= 4 is 40.1 Å². The van der Waals surface area contributed by atoms with E-state index in [4.69, 9.17) is 21.3 Å². The third kappa shape index (κ3) is 6.01. The standard InChI is InChI=1S/C28H30ClFN6O3/c1-18-15-21(35-10-12-36(13-11-35)28(38)39-14-7-30)17-23-25(18)34-26(33-23)24-22(6-9-32-27(24)37)31-8-5-19-3-2-4-20(29)16-19/h2-4,6,9,15-17H,5,7-8,10-14H2,1H3,(H,33,34)(H2,31,32,37). The molecule has 4 aromatic rings. The van der Waals surface area contributed by atoms with E-state index in [2.05, 4.69) is 26.3 Å². The highest BCUT2D eigenvalue weighted by atomic mass is 35.5. The van der Waals surface area contributed by atoms with E-state index < -0.39 is 12.8 Å². The quantitative estimate of drug-likeness (QED) is 0.291. The fourth-order valence-electron chi connectivity index (χ4n) is 4.83. The Morgan fingerprint density at radius 2 is 2.00 bits per heavy atom. The van der Waals surface area contributed by atoms with Gasteiger partial charge in [0.05, 0.1) is 16.7 Å². The van der Waals surface area contributed by atoms with Gasteiger partial charge in [0.25, 0.3) is 5.56 Å². The third-order valence-corrected chi connectivity index (χ3v) is 7.02. The topological polar surface area (TPSA) is 106 Å². The number of aromatic nitrogens is 3. The number of carbonyl (C=O) groups excluding carboxylic acids is 1. The van der Waals surface area contributed by atoms with E-state index >= 15 is 0 Å². The van der Waals surface area contributed by atoms with Crippen molar-refractivity contribution in [3.8, 4) is 11.4 Å². The molecule has 3 N–H and O–H groups in total. The number of amides is 1. The van der Waals surface area contributed by atoms with Crippen LogP contribution >= 0.6 is 11.6 Å². The van der Waals surface area contributed by atoms with Gasteiger partial charge in [0.2, 0.25) is 0 Å². The number of ether oxygens (including phenoxy) is 1. The second-order valence-electron chi connectivity index (χ2n) is 9.42. The lowest BCUT2D eigenvalue weighted by Crippen LogP contribution is -2.49. The highest BCUT2D eigenvalue weighted by molar-refractivity contribution is 6.30. The van der Waals surface area contributed by atoms with E-state index in [1.807, 2.05) is 43.3 Å². The van der Waals surface area contributed by atoms with Crippen LogP contribution in [0.15, 0.2) is 53.5 Å². The smallest absolute Gasteiger partial charge is 0.409 e. The number of aryl methyl sites for hydroxylation is 1. The molecule has 39 heavy (non-hydrogen) atoms. The zero-order chi connectivity index (χ0) is 27.4. The fraction of sp³-hybridized carbons (Fsp3) is 0.321. The minimum atomic E-state index is -0.688. The predicted molar refractivity (Wildman–Crippen MR) is 152 cm³/mol. The molecular formula is C28H30ClFN6O3. The van der Waals surface area contributed by atoms with Crippen molar-refractivity contribution in [1.82, 2.24) is 19.9 Å². The van der Waals surface area contributed by atoms with Gasteiger partial charge in [-0.25, -0.2) is 14.2 Å². The first kappa shape index (κ1) is 26.6. The van der Waals surface area contributed by atoms with Gasteiger partial charge in [0.1, 0.15) is 24.7 Å². The van der Waals surface area contributed by atoms with E-state index in [-0.39, 0.29) is 12.2 Å². The summed E-state index contributed by atoms with van der Waals surface area (Å²) >= 11 is 6.10. The van der Waals surface area contributed by atoms with Crippen molar-refractivity contribution in [2.24, 2.45) is 0 Å². The predicted octanol–water partition coefficient (Wildman–Crippen LogP) is 4.76. The van der Waals surface area contributed by atoms with Crippen LogP contribution in [0.25, 0.3) is 22.4 Å². The number of pyridine rings is 1. The molecule has 5 rings (SSSR count). The molecule has 204 valence electrons. The van der Waals surface area contributed by atoms with Gasteiger partial charge in [-0.1, -0.05) is 23.7 Å². The van der Waals surface area contributed by atoms with E-state index in [0.717, 1.165) is 34.3 Å². The molecule has 0 bridgehead atoms. The van der Waals surface area contributed by atoms with Gasteiger partial charge in [-0.15, -0.1) is 0 Å². The van der Waals surface area contributed by atoms with Crippen molar-refractivity contribution in [2.75, 3.05) is 56.2 Å². The summed E-state index contributed by atoms with van der Waals surface area (Å²) in [5.41, 5.74) is 5.57. The maximum atomic E-state index is 12.9. The lowest BCUT2D eigenvalue weighted by atomic mass is 10.1. The zero-order valence-electron chi connectivity index (χ0n) is 21.6. The molecule has 1 aliphatic heterocycles. The molecule has 1 saturated heterocycles. The van der Waals surface area contributed by atoms with E-state index in [0.29, 0.717) is 54.8 Å². The Bertz CT molecular complexity index is 1530. The number of nitrogens with one attached hydrogen (secondary N) is 3. The number of hydrogen-bond donors (Lipinski definition) is 3. The number of halogens is 2. The van der Waals surface area contributed by atoms with Gasteiger partial charge < -0.3 is 29.8 Å². The Kier molecular flexibility index (Phi) is 8.02. The van der Waals surface area contributed by atoms with Crippen LogP contribution in [0.3, 0.4) is 0 Å². The Hall–Kier alpha value is -4.05. The maximum absolute atomic E-state index is 12.9. The molecule has 9 nitrogen and oxygen atoms in total. The molecule has 0 unspecified atom stereocenters. The van der Waals surface area contributed by atoms with E-state index in [9.17, 15) is 14.0 Å². The molecule has 3 heterocycles. The molecule has 0 saturated carbocycles. The van der Waals surface area contributed by atoms with Crippen LogP contribution in [-0.4, -0.2) is 72.0 Å². The molecule has 11 heteroatoms. The van der Waals surface area contributed by atoms with Gasteiger partial charge >= 0.3 is 6.09 Å². The van der Waals surface area contributed by atoms with Crippen molar-refractivity contribution in [3.63, 3.8) is 0 Å².